The molecule has 1 nitrogen and oxygen atoms in total. The fraction of sp³-hybridized carbons (Fsp3) is 0.538. The van der Waals surface area contributed by atoms with Gasteiger partial charge in [-0.1, -0.05) is 26.0 Å². The van der Waals surface area contributed by atoms with Crippen molar-refractivity contribution in [1.29, 1.82) is 0 Å². The summed E-state index contributed by atoms with van der Waals surface area (Å²) in [6.45, 7) is 4.16. The van der Waals surface area contributed by atoms with Crippen LogP contribution in [0.4, 0.5) is 0 Å². The molecule has 1 rings (SSSR count). The van der Waals surface area contributed by atoms with Gasteiger partial charge in [-0.2, -0.15) is 0 Å². The van der Waals surface area contributed by atoms with Gasteiger partial charge in [-0.25, -0.2) is 0 Å². The van der Waals surface area contributed by atoms with Gasteiger partial charge in [0.1, 0.15) is 15.4 Å². The fourth-order valence-corrected chi connectivity index (χ4v) is 2.43. The molecule has 0 aromatic heterocycles. The second-order valence-electron chi connectivity index (χ2n) is 4.53. The number of aromatic hydroxyl groups is 1. The average Bonchev–Trinajstić information content (AvgIpc) is 2.22. The zero-order valence-corrected chi connectivity index (χ0v) is 13.3. The summed E-state index contributed by atoms with van der Waals surface area (Å²) in [5.41, 5.74) is 2.58. The predicted octanol–water partition coefficient (Wildman–Crippen LogP) is 5.21. The van der Waals surface area contributed by atoms with Crippen LogP contribution in [-0.4, -0.2) is 14.8 Å². The molecule has 102 valence electrons. The van der Waals surface area contributed by atoms with Crippen LogP contribution < -0.4 is 0 Å². The van der Waals surface area contributed by atoms with Crippen LogP contribution in [0.1, 0.15) is 36.5 Å². The second-order valence-corrected chi connectivity index (χ2v) is 7.09. The molecule has 0 fully saturated rings. The van der Waals surface area contributed by atoms with Crippen molar-refractivity contribution in [3.63, 3.8) is 0 Å². The highest BCUT2D eigenvalue weighted by Gasteiger charge is 2.15. The van der Waals surface area contributed by atoms with Crippen molar-refractivity contribution in [2.45, 2.75) is 42.3 Å². The number of rotatable bonds is 5. The largest absolute Gasteiger partial charge is 0.507 e. The zero-order valence-electron chi connectivity index (χ0n) is 10.3. The van der Waals surface area contributed by atoms with Gasteiger partial charge in [-0.15, -0.1) is 46.4 Å². The van der Waals surface area contributed by atoms with Gasteiger partial charge in [0.15, 0.2) is 0 Å². The van der Waals surface area contributed by atoms with Gasteiger partial charge in [0.25, 0.3) is 0 Å². The van der Waals surface area contributed by atoms with Crippen molar-refractivity contribution < 1.29 is 5.11 Å². The smallest absolute Gasteiger partial charge is 0.122 e. The van der Waals surface area contributed by atoms with E-state index in [1.165, 1.54) is 0 Å². The maximum atomic E-state index is 10.2. The number of hydrogen-bond acceptors (Lipinski definition) is 1. The molecule has 1 aromatic carbocycles. The molecule has 5 heteroatoms. The first-order chi connectivity index (χ1) is 8.31. The van der Waals surface area contributed by atoms with Crippen molar-refractivity contribution in [1.82, 2.24) is 0 Å². The van der Waals surface area contributed by atoms with Crippen molar-refractivity contribution >= 4 is 46.4 Å². The molecular formula is C13H16Cl4O. The molecule has 0 bridgehead atoms. The summed E-state index contributed by atoms with van der Waals surface area (Å²) in [6.07, 6.45) is 0.801. The molecule has 18 heavy (non-hydrogen) atoms. The Balaban J connectivity index is 3.19. The quantitative estimate of drug-likeness (QED) is 0.735. The first kappa shape index (κ1) is 16.2. The Morgan fingerprint density at radius 3 is 1.61 bits per heavy atom. The average molecular weight is 330 g/mol. The number of phenols is 1. The van der Waals surface area contributed by atoms with E-state index in [9.17, 15) is 5.11 Å². The van der Waals surface area contributed by atoms with Gasteiger partial charge in [0.05, 0.1) is 0 Å². The Labute approximate surface area is 128 Å². The Hall–Kier alpha value is 0.180. The third-order valence-electron chi connectivity index (χ3n) is 2.71. The first-order valence-corrected chi connectivity index (χ1v) is 7.46. The number of hydrogen-bond donors (Lipinski definition) is 1. The minimum Gasteiger partial charge on any atom is -0.507 e. The van der Waals surface area contributed by atoms with Crippen molar-refractivity contribution in [3.8, 4) is 5.75 Å². The van der Waals surface area contributed by atoms with Crippen molar-refractivity contribution in [3.05, 3.63) is 28.8 Å². The summed E-state index contributed by atoms with van der Waals surface area (Å²) in [5, 5.41) is 10.2. The van der Waals surface area contributed by atoms with Crippen LogP contribution in [0.25, 0.3) is 0 Å². The molecule has 0 atom stereocenters. The Morgan fingerprint density at radius 2 is 1.33 bits per heavy atom. The number of phenolic OH excluding ortho intramolecular Hbond substituents is 1. The van der Waals surface area contributed by atoms with Crippen LogP contribution in [0.3, 0.4) is 0 Å². The van der Waals surface area contributed by atoms with Gasteiger partial charge in [0.2, 0.25) is 0 Å². The summed E-state index contributed by atoms with van der Waals surface area (Å²) < 4.78 is 0. The van der Waals surface area contributed by atoms with E-state index in [4.69, 9.17) is 46.4 Å². The molecule has 1 N–H and O–H groups in total. The van der Waals surface area contributed by atoms with Crippen LogP contribution in [0.15, 0.2) is 12.1 Å². The van der Waals surface area contributed by atoms with Crippen molar-refractivity contribution in [2.24, 2.45) is 0 Å². The summed E-state index contributed by atoms with van der Waals surface area (Å²) in [6, 6.07) is 3.86. The van der Waals surface area contributed by atoms with E-state index >= 15 is 0 Å². The molecule has 0 spiro atoms. The Kier molecular flexibility index (Phi) is 6.40. The fourth-order valence-electron chi connectivity index (χ4n) is 1.76. The molecular weight excluding hydrogens is 314 g/mol. The predicted molar refractivity (Wildman–Crippen MR) is 80.6 cm³/mol. The molecule has 0 saturated heterocycles. The SMILES string of the molecule is CC(C)c1cc(CC(Cl)Cl)c(O)c(CC(Cl)Cl)c1. The topological polar surface area (TPSA) is 20.2 Å². The highest BCUT2D eigenvalue weighted by Crippen LogP contribution is 2.32. The molecule has 0 heterocycles. The standard InChI is InChI=1S/C13H16Cl4O/c1-7(2)8-3-9(5-11(14)15)13(18)10(4-8)6-12(16)17/h3-4,7,11-12,18H,5-6H2,1-2H3. The van der Waals surface area contributed by atoms with Gasteiger partial charge < -0.3 is 5.11 Å². The second kappa shape index (κ2) is 7.09. The summed E-state index contributed by atoms with van der Waals surface area (Å²) in [4.78, 5) is -1.09. The van der Waals surface area contributed by atoms with Crippen LogP contribution in [0.5, 0.6) is 5.75 Å². The summed E-state index contributed by atoms with van der Waals surface area (Å²) in [7, 11) is 0. The molecule has 0 aliphatic heterocycles. The van der Waals surface area contributed by atoms with Crippen LogP contribution >= 0.6 is 46.4 Å². The molecule has 0 unspecified atom stereocenters. The normalized spacial score (nSPS) is 11.8. The monoisotopic (exact) mass is 328 g/mol. The molecule has 0 saturated carbocycles. The number of alkyl halides is 4. The highest BCUT2D eigenvalue weighted by atomic mass is 35.5. The molecule has 1 aromatic rings. The minimum absolute atomic E-state index is 0.192. The van der Waals surface area contributed by atoms with Gasteiger partial charge in [-0.05, 0) is 22.6 Å². The molecule has 0 radical (unpaired) electrons. The van der Waals surface area contributed by atoms with Gasteiger partial charge in [0, 0.05) is 12.8 Å². The van der Waals surface area contributed by atoms with Crippen molar-refractivity contribution in [2.75, 3.05) is 0 Å². The van der Waals surface area contributed by atoms with E-state index in [0.717, 1.165) is 16.7 Å². The lowest BCUT2D eigenvalue weighted by atomic mass is 9.94. The summed E-state index contributed by atoms with van der Waals surface area (Å²) in [5.74, 6) is 0.535. The van der Waals surface area contributed by atoms with E-state index in [1.54, 1.807) is 0 Å². The maximum absolute atomic E-state index is 10.2. The van der Waals surface area contributed by atoms with Crippen LogP contribution in [-0.2, 0) is 12.8 Å². The lowest BCUT2D eigenvalue weighted by Crippen LogP contribution is -2.03. The van der Waals surface area contributed by atoms with E-state index < -0.39 is 9.67 Å². The van der Waals surface area contributed by atoms with E-state index in [0.29, 0.717) is 18.8 Å². The highest BCUT2D eigenvalue weighted by molar-refractivity contribution is 6.44. The van der Waals surface area contributed by atoms with E-state index in [-0.39, 0.29) is 5.75 Å². The van der Waals surface area contributed by atoms with Crippen LogP contribution in [0, 0.1) is 0 Å². The lowest BCUT2D eigenvalue weighted by molar-refractivity contribution is 0.461. The lowest BCUT2D eigenvalue weighted by Gasteiger charge is -2.15. The first-order valence-electron chi connectivity index (χ1n) is 5.72. The minimum atomic E-state index is -0.547. The maximum Gasteiger partial charge on any atom is 0.122 e. The van der Waals surface area contributed by atoms with E-state index in [2.05, 4.69) is 13.8 Å². The zero-order chi connectivity index (χ0) is 13.9. The molecule has 0 amide bonds. The van der Waals surface area contributed by atoms with E-state index in [1.807, 2.05) is 12.1 Å². The van der Waals surface area contributed by atoms with Crippen LogP contribution in [0.2, 0.25) is 0 Å². The molecule has 0 aliphatic carbocycles. The Bertz CT molecular complexity index is 371. The summed E-state index contributed by atoms with van der Waals surface area (Å²) >= 11 is 23.1. The van der Waals surface area contributed by atoms with Gasteiger partial charge >= 0.3 is 0 Å². The molecule has 0 aliphatic rings. The Morgan fingerprint density at radius 1 is 0.944 bits per heavy atom. The number of benzene rings is 1. The third-order valence-corrected chi connectivity index (χ3v) is 3.32. The number of halogens is 4. The third kappa shape index (κ3) is 4.70. The van der Waals surface area contributed by atoms with Gasteiger partial charge in [-0.3, -0.25) is 0 Å².